The van der Waals surface area contributed by atoms with Crippen molar-refractivity contribution in [3.05, 3.63) is 0 Å². The summed E-state index contributed by atoms with van der Waals surface area (Å²) < 4.78 is 19.9. The summed E-state index contributed by atoms with van der Waals surface area (Å²) in [6.07, 6.45) is 0. The molecule has 0 aromatic rings. The summed E-state index contributed by atoms with van der Waals surface area (Å²) in [7, 11) is -11.1. The molecule has 0 bridgehead atoms. The van der Waals surface area contributed by atoms with Gasteiger partial charge < -0.3 is 33.8 Å². The molecule has 7 nitrogen and oxygen atoms in total. The summed E-state index contributed by atoms with van der Waals surface area (Å²) in [4.78, 5) is 39.8. The van der Waals surface area contributed by atoms with Crippen LogP contribution in [0.15, 0.2) is 0 Å². The Morgan fingerprint density at radius 1 is 0.867 bits per heavy atom. The average molecular weight is 358 g/mol. The summed E-state index contributed by atoms with van der Waals surface area (Å²) in [5, 5.41) is 5.31. The van der Waals surface area contributed by atoms with E-state index in [4.69, 9.17) is 5.11 Å². The first-order chi connectivity index (χ1) is 4.69. The molecule has 0 saturated heterocycles. The van der Waals surface area contributed by atoms with Crippen molar-refractivity contribution in [3.63, 3.8) is 0 Å². The van der Waals surface area contributed by atoms with Gasteiger partial charge in [-0.05, 0) is 0 Å². The van der Waals surface area contributed by atoms with Gasteiger partial charge in [0.05, 0.1) is 6.61 Å². The third-order valence-electron chi connectivity index (χ3n) is 0.893. The van der Waals surface area contributed by atoms with Crippen molar-refractivity contribution in [2.24, 2.45) is 0 Å². The van der Waals surface area contributed by atoms with Crippen LogP contribution in [0.25, 0.3) is 0 Å². The Balaban J connectivity index is -0.0000000833. The molecule has 0 aromatic heterocycles. The Morgan fingerprint density at radius 3 is 1.07 bits per heavy atom. The van der Waals surface area contributed by atoms with Crippen LogP contribution >= 0.6 is 15.2 Å². The van der Waals surface area contributed by atoms with Gasteiger partial charge in [-0.15, -0.1) is 0 Å². The fraction of sp³-hybridized carbons (Fsp3) is 1.00. The van der Waals surface area contributed by atoms with Crippen LogP contribution in [0.2, 0.25) is 0 Å². The van der Waals surface area contributed by atoms with Gasteiger partial charge in [0.25, 0.3) is 0 Å². The molecule has 0 amide bonds. The van der Waals surface area contributed by atoms with Crippen LogP contribution in [0.1, 0.15) is 0 Å². The molecule has 0 spiro atoms. The van der Waals surface area contributed by atoms with Gasteiger partial charge >= 0.3 is 206 Å². The standard InChI is InChI=1S/C2H8O7P2.4K/c3-1-2(10(4,5)6)11(7,8)9;;;;/h2-3H,1H2,(H2,4,5,6)(H2,7,8,9);;;;/q;4*+1/p-4. The topological polar surface area (TPSA) is 147 Å². The molecule has 0 unspecified atom stereocenters. The molecule has 0 fully saturated rings. The zero-order chi connectivity index (χ0) is 9.28. The van der Waals surface area contributed by atoms with Crippen LogP contribution in [-0.2, 0) is 9.13 Å². The Hall–Kier alpha value is 6.81. The van der Waals surface area contributed by atoms with Gasteiger partial charge in [-0.1, -0.05) is 15.2 Å². The summed E-state index contributed by atoms with van der Waals surface area (Å²) in [6.45, 7) is -1.49. The first-order valence-electron chi connectivity index (χ1n) is 2.34. The molecular weight excluding hydrogens is 354 g/mol. The Morgan fingerprint density at radius 2 is 1.07 bits per heavy atom. The summed E-state index contributed by atoms with van der Waals surface area (Å²) in [6, 6.07) is 0. The minimum atomic E-state index is -5.54. The predicted octanol–water partition coefficient (Wildman–Crippen LogP) is -15.9. The van der Waals surface area contributed by atoms with Gasteiger partial charge in [-0.2, -0.15) is 0 Å². The molecule has 0 aliphatic rings. The quantitative estimate of drug-likeness (QED) is 0.389. The van der Waals surface area contributed by atoms with Crippen LogP contribution in [0.5, 0.6) is 0 Å². The van der Waals surface area contributed by atoms with E-state index in [1.54, 1.807) is 0 Å². The fourth-order valence-electron chi connectivity index (χ4n) is 0.373. The molecule has 0 rings (SSSR count). The first-order valence-corrected chi connectivity index (χ1v) is 5.56. The molecule has 15 heavy (non-hydrogen) atoms. The van der Waals surface area contributed by atoms with E-state index in [-0.39, 0.29) is 206 Å². The third-order valence-corrected chi connectivity index (χ3v) is 4.38. The SMILES string of the molecule is O=P([O-])([O-])C(CO)P(=O)([O-])[O-].[K+].[K+].[K+].[K+]. The molecule has 0 aromatic carbocycles. The molecule has 0 saturated carbocycles. The molecule has 0 aliphatic heterocycles. The van der Waals surface area contributed by atoms with E-state index in [1.165, 1.54) is 0 Å². The smallest absolute Gasteiger partial charge is 0.810 e. The van der Waals surface area contributed by atoms with Crippen LogP contribution in [0, 0.1) is 0 Å². The second kappa shape index (κ2) is 15.7. The van der Waals surface area contributed by atoms with E-state index in [1.807, 2.05) is 0 Å². The monoisotopic (exact) mass is 358 g/mol. The van der Waals surface area contributed by atoms with Crippen molar-refractivity contribution in [2.45, 2.75) is 5.40 Å². The summed E-state index contributed by atoms with van der Waals surface area (Å²) in [5.74, 6) is 0. The van der Waals surface area contributed by atoms with Crippen LogP contribution in [0.4, 0.5) is 0 Å². The van der Waals surface area contributed by atoms with Gasteiger partial charge in [0.1, 0.15) is 0 Å². The molecule has 0 aliphatic carbocycles. The zero-order valence-electron chi connectivity index (χ0n) is 9.08. The maximum atomic E-state index is 9.95. The fourth-order valence-corrected chi connectivity index (χ4v) is 2.16. The number of aliphatic hydroxyl groups is 1. The van der Waals surface area contributed by atoms with Crippen molar-refractivity contribution >= 4 is 15.2 Å². The van der Waals surface area contributed by atoms with E-state index in [0.29, 0.717) is 0 Å². The van der Waals surface area contributed by atoms with E-state index < -0.39 is 27.2 Å². The maximum absolute atomic E-state index is 9.95. The van der Waals surface area contributed by atoms with Crippen molar-refractivity contribution < 1.29 is 239 Å². The minimum absolute atomic E-state index is 0. The van der Waals surface area contributed by atoms with Gasteiger partial charge in [0.15, 0.2) is 0 Å². The minimum Gasteiger partial charge on any atom is -0.810 e. The number of aliphatic hydroxyl groups excluding tert-OH is 1. The molecule has 0 heterocycles. The van der Waals surface area contributed by atoms with Crippen molar-refractivity contribution in [2.75, 3.05) is 6.61 Å². The van der Waals surface area contributed by atoms with E-state index in [2.05, 4.69) is 0 Å². The normalized spacial score (nSPS) is 10.3. The first kappa shape index (κ1) is 33.4. The molecule has 13 heteroatoms. The molecule has 0 atom stereocenters. The average Bonchev–Trinajstić information content (AvgIpc) is 1.56. The number of hydrogen-bond donors (Lipinski definition) is 1. The third kappa shape index (κ3) is 17.0. The van der Waals surface area contributed by atoms with Crippen LogP contribution in [-0.4, -0.2) is 17.1 Å². The van der Waals surface area contributed by atoms with Crippen molar-refractivity contribution in [1.29, 1.82) is 0 Å². The second-order valence-corrected chi connectivity index (χ2v) is 5.56. The van der Waals surface area contributed by atoms with Crippen LogP contribution in [0.3, 0.4) is 0 Å². The molecule has 1 N–H and O–H groups in total. The molecular formula is C2H4K4O7P2. The Kier molecular flexibility index (Phi) is 35.0. The van der Waals surface area contributed by atoms with Gasteiger partial charge in [-0.25, -0.2) is 0 Å². The Labute approximate surface area is 258 Å². The van der Waals surface area contributed by atoms with Crippen molar-refractivity contribution in [3.8, 4) is 0 Å². The van der Waals surface area contributed by atoms with Gasteiger partial charge in [-0.3, -0.25) is 0 Å². The predicted molar refractivity (Wildman–Crippen MR) is 26.1 cm³/mol. The van der Waals surface area contributed by atoms with Crippen LogP contribution < -0.4 is 225 Å². The van der Waals surface area contributed by atoms with E-state index in [9.17, 15) is 28.7 Å². The summed E-state index contributed by atoms with van der Waals surface area (Å²) in [5.41, 5.74) is 0. The maximum Gasteiger partial charge on any atom is 1.00 e. The zero-order valence-corrected chi connectivity index (χ0v) is 23.4. The van der Waals surface area contributed by atoms with Gasteiger partial charge in [0, 0.05) is 5.40 Å². The Bertz CT molecular complexity index is 201. The molecule has 68 valence electrons. The van der Waals surface area contributed by atoms with Crippen molar-refractivity contribution in [1.82, 2.24) is 0 Å². The second-order valence-electron chi connectivity index (χ2n) is 1.74. The number of rotatable bonds is 3. The largest absolute Gasteiger partial charge is 1.00 e. The van der Waals surface area contributed by atoms with Gasteiger partial charge in [0.2, 0.25) is 0 Å². The van der Waals surface area contributed by atoms with E-state index in [0.717, 1.165) is 0 Å². The van der Waals surface area contributed by atoms with E-state index >= 15 is 0 Å². The number of hydrogen-bond acceptors (Lipinski definition) is 7. The molecule has 0 radical (unpaired) electrons. The summed E-state index contributed by atoms with van der Waals surface area (Å²) >= 11 is 0.